The fourth-order valence-electron chi connectivity index (χ4n) is 2.24. The first-order valence-electron chi connectivity index (χ1n) is 7.08. The Labute approximate surface area is 124 Å². The third-order valence-electron chi connectivity index (χ3n) is 3.44. The lowest BCUT2D eigenvalue weighted by molar-refractivity contribution is -0.150. The van der Waals surface area contributed by atoms with Crippen molar-refractivity contribution in [1.29, 1.82) is 0 Å². The Morgan fingerprint density at radius 2 is 2.05 bits per heavy atom. The molecule has 0 saturated heterocycles. The van der Waals surface area contributed by atoms with E-state index in [9.17, 15) is 4.79 Å². The third kappa shape index (κ3) is 3.49. The van der Waals surface area contributed by atoms with Crippen LogP contribution >= 0.6 is 0 Å². The zero-order valence-electron chi connectivity index (χ0n) is 12.5. The number of carbonyl (C=O) groups is 1. The molecule has 1 heterocycles. The van der Waals surface area contributed by atoms with Crippen LogP contribution < -0.4 is 5.73 Å². The second kappa shape index (κ2) is 6.54. The van der Waals surface area contributed by atoms with Crippen molar-refractivity contribution in [3.05, 3.63) is 53.9 Å². The summed E-state index contributed by atoms with van der Waals surface area (Å²) in [4.78, 5) is 12.3. The summed E-state index contributed by atoms with van der Waals surface area (Å²) in [5, 5.41) is 4.32. The summed E-state index contributed by atoms with van der Waals surface area (Å²) in [6, 6.07) is 11.3. The standard InChI is InChI=1S/C16H21N3O2/c1-3-21-15(20)16(17,14-7-5-4-6-8-14)10-12-19-11-9-13(2)18-19/h4-9,11H,3,10,12,17H2,1-2H3. The quantitative estimate of drug-likeness (QED) is 0.825. The fourth-order valence-corrected chi connectivity index (χ4v) is 2.24. The normalized spacial score (nSPS) is 13.7. The van der Waals surface area contributed by atoms with E-state index in [0.29, 0.717) is 19.6 Å². The number of aryl methyl sites for hydroxylation is 2. The molecule has 0 bridgehead atoms. The van der Waals surface area contributed by atoms with E-state index in [4.69, 9.17) is 10.5 Å². The number of benzene rings is 1. The van der Waals surface area contributed by atoms with Gasteiger partial charge >= 0.3 is 5.97 Å². The molecule has 0 spiro atoms. The minimum absolute atomic E-state index is 0.311. The lowest BCUT2D eigenvalue weighted by Gasteiger charge is -2.27. The number of carbonyl (C=O) groups excluding carboxylic acids is 1. The molecule has 2 aromatic rings. The molecular formula is C16H21N3O2. The van der Waals surface area contributed by atoms with Gasteiger partial charge in [0.1, 0.15) is 5.54 Å². The van der Waals surface area contributed by atoms with Crippen LogP contribution in [0.5, 0.6) is 0 Å². The van der Waals surface area contributed by atoms with E-state index in [1.165, 1.54) is 0 Å². The Morgan fingerprint density at radius 1 is 1.33 bits per heavy atom. The Balaban J connectivity index is 2.21. The van der Waals surface area contributed by atoms with Crippen molar-refractivity contribution in [1.82, 2.24) is 9.78 Å². The molecule has 0 aliphatic heterocycles. The number of nitrogens with zero attached hydrogens (tertiary/aromatic N) is 2. The van der Waals surface area contributed by atoms with E-state index < -0.39 is 11.5 Å². The SMILES string of the molecule is CCOC(=O)C(N)(CCn1ccc(C)n1)c1ccccc1. The van der Waals surface area contributed by atoms with Gasteiger partial charge in [0.15, 0.2) is 0 Å². The van der Waals surface area contributed by atoms with Crippen LogP contribution in [0.1, 0.15) is 24.6 Å². The maximum absolute atomic E-state index is 12.3. The van der Waals surface area contributed by atoms with Gasteiger partial charge in [0.05, 0.1) is 12.3 Å². The Hall–Kier alpha value is -2.14. The van der Waals surface area contributed by atoms with Crippen LogP contribution in [0.15, 0.2) is 42.6 Å². The molecule has 112 valence electrons. The highest BCUT2D eigenvalue weighted by Crippen LogP contribution is 2.24. The molecule has 0 radical (unpaired) electrons. The van der Waals surface area contributed by atoms with Crippen molar-refractivity contribution in [2.24, 2.45) is 5.73 Å². The first-order chi connectivity index (χ1) is 10.1. The number of hydrogen-bond donors (Lipinski definition) is 1. The Bertz CT molecular complexity index is 595. The van der Waals surface area contributed by atoms with Crippen LogP contribution in [-0.2, 0) is 21.6 Å². The number of rotatable bonds is 6. The number of esters is 1. The van der Waals surface area contributed by atoms with Crippen LogP contribution in [0.25, 0.3) is 0 Å². The summed E-state index contributed by atoms with van der Waals surface area (Å²) >= 11 is 0. The molecule has 0 aliphatic carbocycles. The van der Waals surface area contributed by atoms with Crippen LogP contribution in [0.2, 0.25) is 0 Å². The van der Waals surface area contributed by atoms with Gasteiger partial charge in [-0.25, -0.2) is 4.79 Å². The van der Waals surface area contributed by atoms with Gasteiger partial charge in [0.25, 0.3) is 0 Å². The van der Waals surface area contributed by atoms with E-state index in [1.54, 1.807) is 11.6 Å². The third-order valence-corrected chi connectivity index (χ3v) is 3.44. The van der Waals surface area contributed by atoms with Crippen molar-refractivity contribution in [3.8, 4) is 0 Å². The van der Waals surface area contributed by atoms with Crippen molar-refractivity contribution in [2.75, 3.05) is 6.61 Å². The number of aromatic nitrogens is 2. The average molecular weight is 287 g/mol. The van der Waals surface area contributed by atoms with Gasteiger partial charge in [-0.1, -0.05) is 30.3 Å². The van der Waals surface area contributed by atoms with Crippen molar-refractivity contribution < 1.29 is 9.53 Å². The summed E-state index contributed by atoms with van der Waals surface area (Å²) in [5.74, 6) is -0.403. The molecule has 0 amide bonds. The summed E-state index contributed by atoms with van der Waals surface area (Å²) in [5.41, 5.74) is 6.93. The first kappa shape index (κ1) is 15.3. The Morgan fingerprint density at radius 3 is 2.62 bits per heavy atom. The molecule has 1 unspecified atom stereocenters. The topological polar surface area (TPSA) is 70.1 Å². The largest absolute Gasteiger partial charge is 0.464 e. The second-order valence-electron chi connectivity index (χ2n) is 5.03. The number of ether oxygens (including phenoxy) is 1. The molecule has 21 heavy (non-hydrogen) atoms. The highest BCUT2D eigenvalue weighted by Gasteiger charge is 2.37. The van der Waals surface area contributed by atoms with Crippen LogP contribution in [0.3, 0.4) is 0 Å². The van der Waals surface area contributed by atoms with Gasteiger partial charge in [-0.05, 0) is 31.9 Å². The van der Waals surface area contributed by atoms with Crippen molar-refractivity contribution in [3.63, 3.8) is 0 Å². The first-order valence-corrected chi connectivity index (χ1v) is 7.08. The average Bonchev–Trinajstić information content (AvgIpc) is 2.91. The van der Waals surface area contributed by atoms with Crippen LogP contribution in [0.4, 0.5) is 0 Å². The molecule has 5 nitrogen and oxygen atoms in total. The van der Waals surface area contributed by atoms with E-state index in [2.05, 4.69) is 5.10 Å². The van der Waals surface area contributed by atoms with E-state index in [0.717, 1.165) is 11.3 Å². The molecule has 0 saturated carbocycles. The molecule has 1 atom stereocenters. The minimum Gasteiger partial charge on any atom is -0.464 e. The maximum Gasteiger partial charge on any atom is 0.330 e. The van der Waals surface area contributed by atoms with Crippen LogP contribution in [0, 0.1) is 6.92 Å². The summed E-state index contributed by atoms with van der Waals surface area (Å²) in [7, 11) is 0. The van der Waals surface area contributed by atoms with E-state index in [1.807, 2.05) is 49.5 Å². The zero-order chi connectivity index (χ0) is 15.3. The lowest BCUT2D eigenvalue weighted by atomic mass is 9.87. The van der Waals surface area contributed by atoms with Gasteiger partial charge in [0.2, 0.25) is 0 Å². The second-order valence-corrected chi connectivity index (χ2v) is 5.03. The predicted octanol–water partition coefficient (Wildman–Crippen LogP) is 2.00. The van der Waals surface area contributed by atoms with E-state index in [-0.39, 0.29) is 0 Å². The smallest absolute Gasteiger partial charge is 0.330 e. The number of nitrogens with two attached hydrogens (primary N) is 1. The van der Waals surface area contributed by atoms with Crippen molar-refractivity contribution in [2.45, 2.75) is 32.4 Å². The Kier molecular flexibility index (Phi) is 4.75. The number of hydrogen-bond acceptors (Lipinski definition) is 4. The van der Waals surface area contributed by atoms with Crippen LogP contribution in [-0.4, -0.2) is 22.4 Å². The molecule has 2 N–H and O–H groups in total. The molecule has 2 rings (SSSR count). The molecule has 1 aromatic carbocycles. The molecular weight excluding hydrogens is 266 g/mol. The molecule has 0 aliphatic rings. The lowest BCUT2D eigenvalue weighted by Crippen LogP contribution is -2.47. The fraction of sp³-hybridized carbons (Fsp3) is 0.375. The summed E-state index contributed by atoms with van der Waals surface area (Å²) in [6.45, 7) is 4.57. The maximum atomic E-state index is 12.3. The van der Waals surface area contributed by atoms with Gasteiger partial charge in [-0.15, -0.1) is 0 Å². The summed E-state index contributed by atoms with van der Waals surface area (Å²) in [6.07, 6.45) is 2.31. The van der Waals surface area contributed by atoms with Crippen molar-refractivity contribution >= 4 is 5.97 Å². The molecule has 0 fully saturated rings. The minimum atomic E-state index is -1.16. The van der Waals surface area contributed by atoms with Gasteiger partial charge < -0.3 is 10.5 Å². The highest BCUT2D eigenvalue weighted by atomic mass is 16.5. The van der Waals surface area contributed by atoms with Gasteiger partial charge in [-0.3, -0.25) is 4.68 Å². The zero-order valence-corrected chi connectivity index (χ0v) is 12.5. The predicted molar refractivity (Wildman–Crippen MR) is 80.5 cm³/mol. The highest BCUT2D eigenvalue weighted by molar-refractivity contribution is 5.82. The van der Waals surface area contributed by atoms with Gasteiger partial charge in [-0.2, -0.15) is 5.10 Å². The monoisotopic (exact) mass is 287 g/mol. The van der Waals surface area contributed by atoms with E-state index >= 15 is 0 Å². The summed E-state index contributed by atoms with van der Waals surface area (Å²) < 4.78 is 6.95. The molecule has 1 aromatic heterocycles. The molecule has 5 heteroatoms. The van der Waals surface area contributed by atoms with Gasteiger partial charge in [0, 0.05) is 12.7 Å².